The Morgan fingerprint density at radius 1 is 1.38 bits per heavy atom. The van der Waals surface area contributed by atoms with E-state index in [1.807, 2.05) is 6.92 Å². The van der Waals surface area contributed by atoms with Crippen molar-refractivity contribution in [2.45, 2.75) is 32.7 Å². The second-order valence-corrected chi connectivity index (χ2v) is 8.87. The molecule has 2 rings (SSSR count). The van der Waals surface area contributed by atoms with E-state index in [2.05, 4.69) is 51.5 Å². The molecule has 0 saturated carbocycles. The maximum absolute atomic E-state index is 11.9. The molecule has 0 spiro atoms. The largest absolute Gasteiger partial charge is 0.354 e. The lowest BCUT2D eigenvalue weighted by molar-refractivity contribution is -0.127. The molecular formula is C21H36IN5OS. The number of likely N-dealkylation sites (N-methyl/N-ethyl adjacent to an activating group) is 1. The molecule has 1 aromatic rings. The second-order valence-electron chi connectivity index (χ2n) is 7.89. The quantitative estimate of drug-likeness (QED) is 0.233. The highest BCUT2D eigenvalue weighted by molar-refractivity contribution is 14.0. The number of carbonyl (C=O) groups excluding carboxylic acids is 1. The van der Waals surface area contributed by atoms with Crippen molar-refractivity contribution in [3.8, 4) is 0 Å². The van der Waals surface area contributed by atoms with Crippen molar-refractivity contribution in [3.63, 3.8) is 0 Å². The molecule has 164 valence electrons. The van der Waals surface area contributed by atoms with Gasteiger partial charge in [0.25, 0.3) is 0 Å². The number of hydrogen-bond acceptors (Lipinski definition) is 4. The number of guanidine groups is 1. The first-order valence-electron chi connectivity index (χ1n) is 10.0. The van der Waals surface area contributed by atoms with E-state index in [0.717, 1.165) is 31.1 Å². The molecule has 1 aliphatic heterocycles. The Balaban J connectivity index is 0.00000420. The number of carbonyl (C=O) groups is 1. The number of thiophene rings is 1. The Hall–Kier alpha value is -1.13. The van der Waals surface area contributed by atoms with Crippen LogP contribution in [0, 0.1) is 5.92 Å². The average molecular weight is 534 g/mol. The van der Waals surface area contributed by atoms with Gasteiger partial charge in [-0.1, -0.05) is 25.1 Å². The molecule has 1 aliphatic rings. The number of aliphatic imine (C=N–C) groups is 1. The van der Waals surface area contributed by atoms with E-state index in [9.17, 15) is 4.79 Å². The van der Waals surface area contributed by atoms with Gasteiger partial charge in [-0.15, -0.1) is 35.3 Å². The Bertz CT molecular complexity index is 654. The van der Waals surface area contributed by atoms with Crippen LogP contribution in [0.4, 0.5) is 0 Å². The van der Waals surface area contributed by atoms with Crippen LogP contribution in [-0.2, 0) is 4.79 Å². The second kappa shape index (κ2) is 13.2. The fraction of sp³-hybridized carbons (Fsp3) is 0.619. The van der Waals surface area contributed by atoms with Crippen LogP contribution in [0.3, 0.4) is 0 Å². The van der Waals surface area contributed by atoms with Crippen LogP contribution in [0.25, 0.3) is 0 Å². The number of hydrogen-bond donors (Lipinski definition) is 2. The number of halogens is 1. The van der Waals surface area contributed by atoms with E-state index in [0.29, 0.717) is 18.5 Å². The summed E-state index contributed by atoms with van der Waals surface area (Å²) in [7, 11) is 3.49. The molecule has 2 heterocycles. The Morgan fingerprint density at radius 3 is 2.62 bits per heavy atom. The van der Waals surface area contributed by atoms with Gasteiger partial charge in [0.15, 0.2) is 5.96 Å². The summed E-state index contributed by atoms with van der Waals surface area (Å²) in [6.45, 7) is 12.0. The van der Waals surface area contributed by atoms with Crippen molar-refractivity contribution in [2.75, 3.05) is 46.8 Å². The minimum atomic E-state index is -0.0174. The van der Waals surface area contributed by atoms with Crippen molar-refractivity contribution >= 4 is 47.2 Å². The summed E-state index contributed by atoms with van der Waals surface area (Å²) in [6, 6.07) is 4.64. The number of amides is 1. The van der Waals surface area contributed by atoms with Gasteiger partial charge in [0.2, 0.25) is 5.91 Å². The smallest absolute Gasteiger partial charge is 0.243 e. The third-order valence-corrected chi connectivity index (χ3v) is 6.00. The van der Waals surface area contributed by atoms with Crippen molar-refractivity contribution in [1.29, 1.82) is 0 Å². The lowest BCUT2D eigenvalue weighted by atomic mass is 9.97. The maximum Gasteiger partial charge on any atom is 0.243 e. The molecule has 1 aromatic heterocycles. The minimum absolute atomic E-state index is 0. The number of rotatable bonds is 8. The molecule has 8 heteroatoms. The standard InChI is InChI=1S/C21H35N5OS.HI/c1-16(2)13-22-21(24-15-20(27)25(4)5)23-14-18(19-7-6-12-28-19)26-10-8-17(3)9-11-26;/h6-7,12,17-18H,1,8-11,13-15H2,2-5H3,(H2,22,23,24);1H. The summed E-state index contributed by atoms with van der Waals surface area (Å²) in [5.41, 5.74) is 1.02. The minimum Gasteiger partial charge on any atom is -0.354 e. The molecule has 1 saturated heterocycles. The third-order valence-electron chi connectivity index (χ3n) is 5.02. The number of nitrogens with one attached hydrogen (secondary N) is 2. The molecule has 0 aromatic carbocycles. The molecular weight excluding hydrogens is 497 g/mol. The molecule has 0 aliphatic carbocycles. The first-order valence-corrected chi connectivity index (χ1v) is 10.9. The van der Waals surface area contributed by atoms with E-state index in [1.54, 1.807) is 30.3 Å². The molecule has 1 unspecified atom stereocenters. The third kappa shape index (κ3) is 9.04. The van der Waals surface area contributed by atoms with E-state index in [1.165, 1.54) is 17.7 Å². The molecule has 6 nitrogen and oxygen atoms in total. The predicted molar refractivity (Wildman–Crippen MR) is 134 cm³/mol. The van der Waals surface area contributed by atoms with E-state index in [-0.39, 0.29) is 36.4 Å². The van der Waals surface area contributed by atoms with Gasteiger partial charge in [-0.25, -0.2) is 4.99 Å². The highest BCUT2D eigenvalue weighted by Gasteiger charge is 2.25. The van der Waals surface area contributed by atoms with Gasteiger partial charge in [0.05, 0.1) is 6.04 Å². The van der Waals surface area contributed by atoms with E-state index in [4.69, 9.17) is 0 Å². The van der Waals surface area contributed by atoms with Crippen molar-refractivity contribution in [3.05, 3.63) is 34.5 Å². The molecule has 29 heavy (non-hydrogen) atoms. The molecule has 1 fully saturated rings. The fourth-order valence-corrected chi connectivity index (χ4v) is 3.98. The van der Waals surface area contributed by atoms with Gasteiger partial charge >= 0.3 is 0 Å². The highest BCUT2D eigenvalue weighted by atomic mass is 127. The maximum atomic E-state index is 11.9. The summed E-state index contributed by atoms with van der Waals surface area (Å²) in [5.74, 6) is 1.45. The van der Waals surface area contributed by atoms with Crippen molar-refractivity contribution < 1.29 is 4.79 Å². The average Bonchev–Trinajstić information content (AvgIpc) is 3.18. The predicted octanol–water partition coefficient (Wildman–Crippen LogP) is 3.34. The van der Waals surface area contributed by atoms with Gasteiger partial charge < -0.3 is 15.5 Å². The monoisotopic (exact) mass is 533 g/mol. The zero-order valence-corrected chi connectivity index (χ0v) is 21.3. The van der Waals surface area contributed by atoms with Gasteiger partial charge in [-0.3, -0.25) is 9.69 Å². The van der Waals surface area contributed by atoms with Crippen molar-refractivity contribution in [1.82, 2.24) is 20.4 Å². The first-order chi connectivity index (χ1) is 13.4. The van der Waals surface area contributed by atoms with Gasteiger partial charge in [-0.2, -0.15) is 0 Å². The van der Waals surface area contributed by atoms with Crippen LogP contribution < -0.4 is 10.6 Å². The van der Waals surface area contributed by atoms with Crippen LogP contribution in [0.5, 0.6) is 0 Å². The number of likely N-dealkylation sites (tertiary alicyclic amines) is 1. The lowest BCUT2D eigenvalue weighted by Crippen LogP contribution is -2.45. The van der Waals surface area contributed by atoms with Crippen LogP contribution in [0.15, 0.2) is 34.7 Å². The summed E-state index contributed by atoms with van der Waals surface area (Å²) in [5, 5.41) is 8.87. The van der Waals surface area contributed by atoms with E-state index < -0.39 is 0 Å². The van der Waals surface area contributed by atoms with Gasteiger partial charge in [0.1, 0.15) is 6.54 Å². The van der Waals surface area contributed by atoms with Crippen LogP contribution in [0.2, 0.25) is 0 Å². The van der Waals surface area contributed by atoms with Gasteiger partial charge in [0, 0.05) is 32.1 Å². The van der Waals surface area contributed by atoms with E-state index >= 15 is 0 Å². The van der Waals surface area contributed by atoms with Crippen LogP contribution >= 0.6 is 35.3 Å². The zero-order chi connectivity index (χ0) is 20.5. The van der Waals surface area contributed by atoms with Gasteiger partial charge in [-0.05, 0) is 50.2 Å². The van der Waals surface area contributed by atoms with Crippen molar-refractivity contribution in [2.24, 2.45) is 10.9 Å². The topological polar surface area (TPSA) is 60.0 Å². The highest BCUT2D eigenvalue weighted by Crippen LogP contribution is 2.29. The number of piperidine rings is 1. The normalized spacial score (nSPS) is 16.6. The zero-order valence-electron chi connectivity index (χ0n) is 18.1. The molecule has 0 radical (unpaired) electrons. The summed E-state index contributed by atoms with van der Waals surface area (Å²) in [4.78, 5) is 21.9. The SMILES string of the molecule is C=C(C)CNC(=NCC(=O)N(C)C)NCC(c1cccs1)N1CCC(C)CC1.I. The molecule has 2 N–H and O–H groups in total. The fourth-order valence-electron chi connectivity index (χ4n) is 3.12. The van der Waals surface area contributed by atoms with Crippen LogP contribution in [0.1, 0.15) is 37.6 Å². The Morgan fingerprint density at radius 2 is 2.07 bits per heavy atom. The summed E-state index contributed by atoms with van der Waals surface area (Å²) >= 11 is 1.80. The number of nitrogens with zero attached hydrogens (tertiary/aromatic N) is 3. The summed E-state index contributed by atoms with van der Waals surface area (Å²) < 4.78 is 0. The lowest BCUT2D eigenvalue weighted by Gasteiger charge is -2.36. The summed E-state index contributed by atoms with van der Waals surface area (Å²) in [6.07, 6.45) is 2.49. The molecule has 0 bridgehead atoms. The first kappa shape index (κ1) is 25.9. The molecule has 1 atom stereocenters. The Kier molecular flexibility index (Phi) is 11.8. The molecule has 1 amide bonds. The Labute approximate surface area is 196 Å². The van der Waals surface area contributed by atoms with Crippen LogP contribution in [-0.4, -0.2) is 68.5 Å².